The lowest BCUT2D eigenvalue weighted by Crippen LogP contribution is -2.39. The van der Waals surface area contributed by atoms with Gasteiger partial charge in [0.15, 0.2) is 0 Å². The van der Waals surface area contributed by atoms with Crippen LogP contribution in [0.25, 0.3) is 10.9 Å². The molecule has 0 spiro atoms. The normalized spacial score (nSPS) is 18.3. The van der Waals surface area contributed by atoms with Gasteiger partial charge >= 0.3 is 0 Å². The Morgan fingerprint density at radius 3 is 2.89 bits per heavy atom. The Morgan fingerprint density at radius 1 is 1.22 bits per heavy atom. The van der Waals surface area contributed by atoms with Crippen LogP contribution in [0.2, 0.25) is 0 Å². The van der Waals surface area contributed by atoms with Crippen molar-refractivity contribution in [2.75, 3.05) is 13.1 Å². The van der Waals surface area contributed by atoms with Crippen LogP contribution in [0.5, 0.6) is 0 Å². The second-order valence-electron chi connectivity index (χ2n) is 5.14. The molecule has 1 fully saturated rings. The van der Waals surface area contributed by atoms with Gasteiger partial charge in [-0.25, -0.2) is 0 Å². The third kappa shape index (κ3) is 2.52. The molecular formula is C15H19N3. The first-order chi connectivity index (χ1) is 8.81. The number of rotatable bonds is 2. The first-order valence-corrected chi connectivity index (χ1v) is 6.63. The molecule has 18 heavy (non-hydrogen) atoms. The second-order valence-corrected chi connectivity index (χ2v) is 5.14. The molecule has 1 aliphatic heterocycles. The van der Waals surface area contributed by atoms with Gasteiger partial charge in [-0.1, -0.05) is 12.1 Å². The Morgan fingerprint density at radius 2 is 2.06 bits per heavy atom. The number of hydrogen-bond donors (Lipinski definition) is 1. The predicted molar refractivity (Wildman–Crippen MR) is 74.2 cm³/mol. The van der Waals surface area contributed by atoms with Crippen molar-refractivity contribution in [1.82, 2.24) is 9.88 Å². The number of likely N-dealkylation sites (tertiary alicyclic amines) is 1. The molecule has 2 N–H and O–H groups in total. The highest BCUT2D eigenvalue weighted by molar-refractivity contribution is 5.78. The summed E-state index contributed by atoms with van der Waals surface area (Å²) in [6.07, 6.45) is 4.08. The second kappa shape index (κ2) is 5.04. The van der Waals surface area contributed by atoms with Gasteiger partial charge in [-0.3, -0.25) is 9.88 Å². The van der Waals surface area contributed by atoms with Crippen molar-refractivity contribution in [3.63, 3.8) is 0 Å². The fourth-order valence-electron chi connectivity index (χ4n) is 2.59. The maximum Gasteiger partial charge on any atom is 0.0702 e. The third-order valence-corrected chi connectivity index (χ3v) is 3.71. The highest BCUT2D eigenvalue weighted by Crippen LogP contribution is 2.17. The molecule has 2 aromatic rings. The molecule has 1 aromatic heterocycles. The van der Waals surface area contributed by atoms with Crippen LogP contribution in [0.4, 0.5) is 0 Å². The Bertz CT molecular complexity index is 530. The van der Waals surface area contributed by atoms with E-state index in [0.29, 0.717) is 6.04 Å². The number of nitrogens with two attached hydrogens (primary N) is 1. The zero-order valence-electron chi connectivity index (χ0n) is 10.5. The monoisotopic (exact) mass is 241 g/mol. The molecule has 0 aliphatic carbocycles. The molecular weight excluding hydrogens is 222 g/mol. The Balaban J connectivity index is 1.74. The lowest BCUT2D eigenvalue weighted by molar-refractivity contribution is 0.206. The van der Waals surface area contributed by atoms with Crippen molar-refractivity contribution in [1.29, 1.82) is 0 Å². The summed E-state index contributed by atoms with van der Waals surface area (Å²) in [5, 5.41) is 1.23. The first-order valence-electron chi connectivity index (χ1n) is 6.63. The van der Waals surface area contributed by atoms with Crippen LogP contribution in [-0.4, -0.2) is 29.0 Å². The van der Waals surface area contributed by atoms with Gasteiger partial charge in [0.25, 0.3) is 0 Å². The number of pyridine rings is 1. The van der Waals surface area contributed by atoms with Crippen molar-refractivity contribution in [3.8, 4) is 0 Å². The fraction of sp³-hybridized carbons (Fsp3) is 0.400. The summed E-state index contributed by atoms with van der Waals surface area (Å²) < 4.78 is 0. The molecule has 0 saturated carbocycles. The summed E-state index contributed by atoms with van der Waals surface area (Å²) in [7, 11) is 0. The zero-order valence-corrected chi connectivity index (χ0v) is 10.5. The topological polar surface area (TPSA) is 42.1 Å². The SMILES string of the molecule is NC1CCN(Cc2ccc3ncccc3c2)CC1. The summed E-state index contributed by atoms with van der Waals surface area (Å²) in [6, 6.07) is 11.1. The highest BCUT2D eigenvalue weighted by Gasteiger charge is 2.15. The number of benzene rings is 1. The van der Waals surface area contributed by atoms with E-state index in [4.69, 9.17) is 5.73 Å². The molecule has 1 aliphatic rings. The molecule has 2 heterocycles. The van der Waals surface area contributed by atoms with Gasteiger partial charge in [-0.15, -0.1) is 0 Å². The van der Waals surface area contributed by atoms with E-state index in [1.165, 1.54) is 10.9 Å². The molecule has 0 amide bonds. The summed E-state index contributed by atoms with van der Waals surface area (Å²) >= 11 is 0. The van der Waals surface area contributed by atoms with Crippen LogP contribution in [-0.2, 0) is 6.54 Å². The van der Waals surface area contributed by atoms with Crippen LogP contribution in [0.3, 0.4) is 0 Å². The molecule has 0 bridgehead atoms. The van der Waals surface area contributed by atoms with Crippen molar-refractivity contribution in [2.24, 2.45) is 5.73 Å². The number of piperidine rings is 1. The van der Waals surface area contributed by atoms with Gasteiger partial charge in [0, 0.05) is 24.2 Å². The largest absolute Gasteiger partial charge is 0.328 e. The van der Waals surface area contributed by atoms with E-state index in [-0.39, 0.29) is 0 Å². The summed E-state index contributed by atoms with van der Waals surface area (Å²) in [4.78, 5) is 6.84. The molecule has 1 saturated heterocycles. The van der Waals surface area contributed by atoms with Crippen molar-refractivity contribution in [3.05, 3.63) is 42.1 Å². The summed E-state index contributed by atoms with van der Waals surface area (Å²) in [5.74, 6) is 0. The lowest BCUT2D eigenvalue weighted by atomic mass is 10.0. The van der Waals surface area contributed by atoms with Crippen LogP contribution in [0, 0.1) is 0 Å². The number of aromatic nitrogens is 1. The van der Waals surface area contributed by atoms with Crippen LogP contribution >= 0.6 is 0 Å². The van der Waals surface area contributed by atoms with E-state index >= 15 is 0 Å². The fourth-order valence-corrected chi connectivity index (χ4v) is 2.59. The quantitative estimate of drug-likeness (QED) is 0.876. The van der Waals surface area contributed by atoms with E-state index in [1.54, 1.807) is 0 Å². The van der Waals surface area contributed by atoms with E-state index in [2.05, 4.69) is 34.1 Å². The molecule has 3 heteroatoms. The van der Waals surface area contributed by atoms with Crippen molar-refractivity contribution in [2.45, 2.75) is 25.4 Å². The van der Waals surface area contributed by atoms with Gasteiger partial charge in [0.2, 0.25) is 0 Å². The van der Waals surface area contributed by atoms with Crippen molar-refractivity contribution >= 4 is 10.9 Å². The van der Waals surface area contributed by atoms with Gasteiger partial charge in [0.1, 0.15) is 0 Å². The van der Waals surface area contributed by atoms with Crippen LogP contribution < -0.4 is 5.73 Å². The van der Waals surface area contributed by atoms with Gasteiger partial charge < -0.3 is 5.73 Å². The van der Waals surface area contributed by atoms with E-state index in [1.807, 2.05) is 12.3 Å². The van der Waals surface area contributed by atoms with Gasteiger partial charge in [-0.2, -0.15) is 0 Å². The zero-order chi connectivity index (χ0) is 12.4. The average Bonchev–Trinajstić information content (AvgIpc) is 2.41. The highest BCUT2D eigenvalue weighted by atomic mass is 15.1. The molecule has 3 nitrogen and oxygen atoms in total. The van der Waals surface area contributed by atoms with Gasteiger partial charge in [0.05, 0.1) is 5.52 Å². The molecule has 3 rings (SSSR count). The number of hydrogen-bond acceptors (Lipinski definition) is 3. The summed E-state index contributed by atoms with van der Waals surface area (Å²) in [5.41, 5.74) is 8.37. The first kappa shape index (κ1) is 11.6. The Hall–Kier alpha value is -1.45. The molecule has 94 valence electrons. The van der Waals surface area contributed by atoms with Gasteiger partial charge in [-0.05, 0) is 49.7 Å². The third-order valence-electron chi connectivity index (χ3n) is 3.71. The predicted octanol–water partition coefficient (Wildman–Crippen LogP) is 2.16. The Labute approximate surface area is 108 Å². The minimum absolute atomic E-state index is 0.405. The average molecular weight is 241 g/mol. The molecule has 0 atom stereocenters. The molecule has 1 aromatic carbocycles. The minimum atomic E-state index is 0.405. The van der Waals surface area contributed by atoms with E-state index < -0.39 is 0 Å². The van der Waals surface area contributed by atoms with Crippen LogP contribution in [0.1, 0.15) is 18.4 Å². The Kier molecular flexibility index (Phi) is 3.26. The van der Waals surface area contributed by atoms with E-state index in [0.717, 1.165) is 38.0 Å². The standard InChI is InChI=1S/C15H19N3/c16-14-5-8-18(9-6-14)11-12-3-4-15-13(10-12)2-1-7-17-15/h1-4,7,10,14H,5-6,8-9,11,16H2. The van der Waals surface area contributed by atoms with Crippen LogP contribution in [0.15, 0.2) is 36.5 Å². The summed E-state index contributed by atoms with van der Waals surface area (Å²) in [6.45, 7) is 3.26. The number of fused-ring (bicyclic) bond motifs is 1. The minimum Gasteiger partial charge on any atom is -0.328 e. The lowest BCUT2D eigenvalue weighted by Gasteiger charge is -2.30. The van der Waals surface area contributed by atoms with Crippen molar-refractivity contribution < 1.29 is 0 Å². The maximum atomic E-state index is 5.93. The molecule has 0 radical (unpaired) electrons. The number of nitrogens with zero attached hydrogens (tertiary/aromatic N) is 2. The van der Waals surface area contributed by atoms with E-state index in [9.17, 15) is 0 Å². The smallest absolute Gasteiger partial charge is 0.0702 e. The maximum absolute atomic E-state index is 5.93. The molecule has 0 unspecified atom stereocenters.